The Morgan fingerprint density at radius 2 is 1.91 bits per heavy atom. The molecule has 1 unspecified atom stereocenters. The Kier molecular flexibility index (Phi) is 7.95. The van der Waals surface area contributed by atoms with Gasteiger partial charge in [-0.15, -0.1) is 0 Å². The molecule has 1 saturated carbocycles. The number of benzene rings is 1. The maximum Gasteiger partial charge on any atom is 0.410 e. The van der Waals surface area contributed by atoms with Crippen LogP contribution in [0.1, 0.15) is 62.5 Å². The molecule has 1 saturated heterocycles. The van der Waals surface area contributed by atoms with E-state index in [9.17, 15) is 9.59 Å². The van der Waals surface area contributed by atoms with Gasteiger partial charge in [-0.05, 0) is 74.1 Å². The van der Waals surface area contributed by atoms with Gasteiger partial charge in [0.05, 0.1) is 48.2 Å². The number of nitrogens with zero attached hydrogens (tertiary/aromatic N) is 5. The van der Waals surface area contributed by atoms with E-state index in [2.05, 4.69) is 40.3 Å². The van der Waals surface area contributed by atoms with E-state index in [0.29, 0.717) is 44.0 Å². The van der Waals surface area contributed by atoms with E-state index in [4.69, 9.17) is 26.1 Å². The summed E-state index contributed by atoms with van der Waals surface area (Å²) < 4.78 is 13.0. The van der Waals surface area contributed by atoms with Gasteiger partial charge in [-0.3, -0.25) is 14.7 Å². The first kappa shape index (κ1) is 29.6. The van der Waals surface area contributed by atoms with Crippen molar-refractivity contribution < 1.29 is 19.1 Å². The number of aliphatic imine (C=N–C) groups is 1. The number of carbonyl (C=O) groups is 2. The number of aryl methyl sites for hydroxylation is 1. The van der Waals surface area contributed by atoms with Crippen molar-refractivity contribution in [1.82, 2.24) is 24.7 Å². The number of carbonyl (C=O) groups excluding carboxylic acids is 2. The molecule has 228 valence electrons. The van der Waals surface area contributed by atoms with Crippen LogP contribution in [0.3, 0.4) is 0 Å². The number of halogens is 1. The number of aromatic nitrogens is 2. The van der Waals surface area contributed by atoms with Crippen LogP contribution in [0.4, 0.5) is 4.79 Å². The zero-order chi connectivity index (χ0) is 30.5. The number of methoxy groups -OCH3 is 1. The van der Waals surface area contributed by atoms with E-state index in [0.717, 1.165) is 33.7 Å². The molecule has 0 radical (unpaired) electrons. The average molecular weight is 607 g/mol. The SMILES string of the molecule is COC1(C(=O)N[C@H](C2=CC3=CC(C)N=C3[C@@H](N3CCN(C(=O)OC(C)C)CC3)c3ccc(Cl)cc32)c2cncn2C)CC1. The van der Waals surface area contributed by atoms with E-state index in [1.807, 2.05) is 37.6 Å². The second-order valence-electron chi connectivity index (χ2n) is 12.1. The molecule has 2 aliphatic carbocycles. The number of nitrogens with one attached hydrogen (secondary N) is 1. The molecule has 43 heavy (non-hydrogen) atoms. The lowest BCUT2D eigenvalue weighted by Gasteiger charge is -2.39. The first-order chi connectivity index (χ1) is 20.6. The molecule has 1 aromatic heterocycles. The maximum atomic E-state index is 13.6. The predicted octanol–water partition coefficient (Wildman–Crippen LogP) is 4.48. The molecule has 0 spiro atoms. The number of imidazole rings is 1. The van der Waals surface area contributed by atoms with E-state index in [-0.39, 0.29) is 30.2 Å². The first-order valence-corrected chi connectivity index (χ1v) is 15.3. The summed E-state index contributed by atoms with van der Waals surface area (Å²) >= 11 is 6.67. The summed E-state index contributed by atoms with van der Waals surface area (Å²) in [4.78, 5) is 39.9. The molecule has 2 amide bonds. The zero-order valence-corrected chi connectivity index (χ0v) is 26.1. The van der Waals surface area contributed by atoms with Crippen LogP contribution in [0.5, 0.6) is 0 Å². The highest BCUT2D eigenvalue weighted by molar-refractivity contribution is 6.31. The van der Waals surface area contributed by atoms with Gasteiger partial charge in [-0.25, -0.2) is 9.78 Å². The van der Waals surface area contributed by atoms with Gasteiger partial charge in [0.2, 0.25) is 0 Å². The average Bonchev–Trinajstić information content (AvgIpc) is 3.58. The van der Waals surface area contributed by atoms with Crippen molar-refractivity contribution in [2.45, 2.75) is 63.4 Å². The van der Waals surface area contributed by atoms with Crippen molar-refractivity contribution in [2.75, 3.05) is 33.3 Å². The minimum Gasteiger partial charge on any atom is -0.447 e. The lowest BCUT2D eigenvalue weighted by atomic mass is 9.89. The van der Waals surface area contributed by atoms with E-state index in [1.54, 1.807) is 24.5 Å². The minimum atomic E-state index is -0.800. The highest BCUT2D eigenvalue weighted by Gasteiger charge is 2.51. The number of hydrogen-bond acceptors (Lipinski definition) is 7. The van der Waals surface area contributed by atoms with Crippen LogP contribution in [0.2, 0.25) is 5.02 Å². The van der Waals surface area contributed by atoms with Gasteiger partial charge < -0.3 is 24.3 Å². The molecule has 3 atom stereocenters. The van der Waals surface area contributed by atoms with Gasteiger partial charge in [0.15, 0.2) is 0 Å². The summed E-state index contributed by atoms with van der Waals surface area (Å²) in [6.45, 7) is 8.24. The number of piperazine rings is 1. The van der Waals surface area contributed by atoms with Crippen molar-refractivity contribution in [3.05, 3.63) is 70.3 Å². The first-order valence-electron chi connectivity index (χ1n) is 14.9. The zero-order valence-electron chi connectivity index (χ0n) is 25.3. The highest BCUT2D eigenvalue weighted by Crippen LogP contribution is 2.45. The number of fused-ring (bicyclic) bond motifs is 2. The number of amides is 2. The Balaban J connectivity index is 1.42. The quantitative estimate of drug-likeness (QED) is 0.499. The van der Waals surface area contributed by atoms with Crippen molar-refractivity contribution >= 4 is 34.9 Å². The fraction of sp³-hybridized carbons (Fsp3) is 0.500. The second kappa shape index (κ2) is 11.6. The predicted molar refractivity (Wildman–Crippen MR) is 165 cm³/mol. The summed E-state index contributed by atoms with van der Waals surface area (Å²) in [5.74, 6) is -0.140. The Bertz CT molecular complexity index is 1520. The van der Waals surface area contributed by atoms with Crippen LogP contribution in [-0.2, 0) is 21.3 Å². The van der Waals surface area contributed by atoms with Crippen LogP contribution in [0.25, 0.3) is 5.57 Å². The third kappa shape index (κ3) is 5.63. The van der Waals surface area contributed by atoms with Crippen molar-refractivity contribution in [3.63, 3.8) is 0 Å². The van der Waals surface area contributed by atoms with Crippen LogP contribution in [-0.4, -0.2) is 88.1 Å². The minimum absolute atomic E-state index is 0.00845. The summed E-state index contributed by atoms with van der Waals surface area (Å²) in [5, 5.41) is 3.92. The van der Waals surface area contributed by atoms with Gasteiger partial charge in [-0.1, -0.05) is 23.7 Å². The molecule has 2 aromatic rings. The molecule has 4 aliphatic rings. The van der Waals surface area contributed by atoms with Crippen LogP contribution >= 0.6 is 11.6 Å². The lowest BCUT2D eigenvalue weighted by molar-refractivity contribution is -0.134. The third-order valence-corrected chi connectivity index (χ3v) is 9.00. The maximum absolute atomic E-state index is 13.6. The lowest BCUT2D eigenvalue weighted by Crippen LogP contribution is -2.51. The summed E-state index contributed by atoms with van der Waals surface area (Å²) in [5.41, 5.74) is 4.96. The number of ether oxygens (including phenoxy) is 2. The molecule has 2 fully saturated rings. The molecule has 1 N–H and O–H groups in total. The van der Waals surface area contributed by atoms with Crippen LogP contribution < -0.4 is 5.32 Å². The molecular formula is C32H39ClN6O4. The van der Waals surface area contributed by atoms with Gasteiger partial charge >= 0.3 is 6.09 Å². The van der Waals surface area contributed by atoms with Crippen LogP contribution in [0, 0.1) is 0 Å². The molecular weight excluding hydrogens is 568 g/mol. The summed E-state index contributed by atoms with van der Waals surface area (Å²) in [7, 11) is 3.52. The van der Waals surface area contributed by atoms with Gasteiger partial charge in [0.25, 0.3) is 5.91 Å². The van der Waals surface area contributed by atoms with Crippen molar-refractivity contribution in [2.24, 2.45) is 12.0 Å². The molecule has 11 heteroatoms. The standard InChI is InChI=1S/C32H39ClN6O4/c1-19(2)43-31(41)39-12-10-38(11-13-39)29-23-7-6-22(33)16-24(23)25(15-21-14-20(3)35-27(21)29)28(26-17-34-18-37(26)4)36-30(40)32(42-5)8-9-32/h6-7,14-20,28-29H,8-13H2,1-5H3,(H,36,40)/t20?,28-,29+/m1/s1. The summed E-state index contributed by atoms with van der Waals surface area (Å²) in [6.07, 6.45) is 8.79. The van der Waals surface area contributed by atoms with Crippen LogP contribution in [0.15, 0.2) is 53.4 Å². The molecule has 6 rings (SSSR count). The number of rotatable bonds is 7. The Hall–Kier alpha value is -3.47. The monoisotopic (exact) mass is 606 g/mol. The Morgan fingerprint density at radius 1 is 1.16 bits per heavy atom. The fourth-order valence-electron chi connectivity index (χ4n) is 6.34. The molecule has 10 nitrogen and oxygen atoms in total. The molecule has 3 heterocycles. The topological polar surface area (TPSA) is 101 Å². The van der Waals surface area contributed by atoms with E-state index in [1.165, 1.54) is 0 Å². The highest BCUT2D eigenvalue weighted by atomic mass is 35.5. The second-order valence-corrected chi connectivity index (χ2v) is 12.5. The summed E-state index contributed by atoms with van der Waals surface area (Å²) in [6, 6.07) is 5.31. The molecule has 0 bridgehead atoms. The Morgan fingerprint density at radius 3 is 2.53 bits per heavy atom. The van der Waals surface area contributed by atoms with Gasteiger partial charge in [0, 0.05) is 45.4 Å². The number of allylic oxidation sites excluding steroid dienone is 1. The third-order valence-electron chi connectivity index (χ3n) is 8.77. The normalized spacial score (nSPS) is 23.4. The van der Waals surface area contributed by atoms with Crippen molar-refractivity contribution in [3.8, 4) is 0 Å². The smallest absolute Gasteiger partial charge is 0.410 e. The fourth-order valence-corrected chi connectivity index (χ4v) is 6.51. The van der Waals surface area contributed by atoms with Crippen molar-refractivity contribution in [1.29, 1.82) is 0 Å². The molecule has 2 aliphatic heterocycles. The number of hydrogen-bond donors (Lipinski definition) is 1. The Labute approximate surface area is 257 Å². The van der Waals surface area contributed by atoms with Gasteiger partial charge in [0.1, 0.15) is 5.60 Å². The largest absolute Gasteiger partial charge is 0.447 e. The van der Waals surface area contributed by atoms with E-state index < -0.39 is 11.6 Å². The van der Waals surface area contributed by atoms with E-state index >= 15 is 0 Å². The molecule has 1 aromatic carbocycles. The van der Waals surface area contributed by atoms with Gasteiger partial charge in [-0.2, -0.15) is 0 Å².